The lowest BCUT2D eigenvalue weighted by molar-refractivity contribution is -0.383. The maximum atomic E-state index is 12.7. The zero-order valence-corrected chi connectivity index (χ0v) is 15.0. The summed E-state index contributed by atoms with van der Waals surface area (Å²) in [7, 11) is 0. The van der Waals surface area contributed by atoms with Crippen molar-refractivity contribution in [2.24, 2.45) is 0 Å². The SMILES string of the molecule is CC(=O)N(CC(=O)O)C1CCCN(C(=O)c2ccc(N)c([N+](=O)[O-])c2)CC1. The van der Waals surface area contributed by atoms with Gasteiger partial charge in [-0.1, -0.05) is 0 Å². The summed E-state index contributed by atoms with van der Waals surface area (Å²) >= 11 is 0. The molecular weight excluding hydrogens is 356 g/mol. The molecule has 0 bridgehead atoms. The maximum Gasteiger partial charge on any atom is 0.323 e. The Labute approximate surface area is 155 Å². The number of carbonyl (C=O) groups excluding carboxylic acids is 2. The van der Waals surface area contributed by atoms with E-state index in [4.69, 9.17) is 10.8 Å². The second-order valence-corrected chi connectivity index (χ2v) is 6.45. The lowest BCUT2D eigenvalue weighted by Gasteiger charge is -2.28. The number of benzene rings is 1. The van der Waals surface area contributed by atoms with Crippen LogP contribution in [0, 0.1) is 10.1 Å². The van der Waals surface area contributed by atoms with E-state index in [2.05, 4.69) is 0 Å². The average molecular weight is 378 g/mol. The molecule has 0 aromatic heterocycles. The molecule has 1 saturated heterocycles. The van der Waals surface area contributed by atoms with Crippen LogP contribution in [0.2, 0.25) is 0 Å². The van der Waals surface area contributed by atoms with Crippen molar-refractivity contribution in [1.29, 1.82) is 0 Å². The van der Waals surface area contributed by atoms with Gasteiger partial charge in [0.05, 0.1) is 4.92 Å². The number of nitro benzene ring substituents is 1. The smallest absolute Gasteiger partial charge is 0.323 e. The molecule has 1 aliphatic heterocycles. The van der Waals surface area contributed by atoms with Crippen LogP contribution in [-0.4, -0.2) is 63.3 Å². The number of nitrogens with zero attached hydrogens (tertiary/aromatic N) is 3. The number of carboxylic acids is 1. The predicted molar refractivity (Wildman–Crippen MR) is 96.1 cm³/mol. The molecule has 1 heterocycles. The second-order valence-electron chi connectivity index (χ2n) is 6.45. The molecule has 1 fully saturated rings. The van der Waals surface area contributed by atoms with Gasteiger partial charge in [-0.05, 0) is 31.4 Å². The van der Waals surface area contributed by atoms with E-state index in [9.17, 15) is 24.5 Å². The first-order valence-corrected chi connectivity index (χ1v) is 8.53. The Morgan fingerprint density at radius 2 is 2.04 bits per heavy atom. The van der Waals surface area contributed by atoms with Crippen molar-refractivity contribution >= 4 is 29.2 Å². The van der Waals surface area contributed by atoms with Crippen molar-refractivity contribution in [1.82, 2.24) is 9.80 Å². The summed E-state index contributed by atoms with van der Waals surface area (Å²) in [6.07, 6.45) is 1.62. The summed E-state index contributed by atoms with van der Waals surface area (Å²) in [5, 5.41) is 20.0. The first-order chi connectivity index (χ1) is 12.7. The fraction of sp³-hybridized carbons (Fsp3) is 0.471. The summed E-state index contributed by atoms with van der Waals surface area (Å²) in [5.41, 5.74) is 5.39. The normalized spacial score (nSPS) is 17.1. The first kappa shape index (κ1) is 20.1. The van der Waals surface area contributed by atoms with Crippen molar-refractivity contribution in [3.63, 3.8) is 0 Å². The van der Waals surface area contributed by atoms with E-state index in [1.165, 1.54) is 24.0 Å². The molecular formula is C17H22N4O6. The maximum absolute atomic E-state index is 12.7. The quantitative estimate of drug-likeness (QED) is 0.443. The highest BCUT2D eigenvalue weighted by Gasteiger charge is 2.28. The van der Waals surface area contributed by atoms with Crippen LogP contribution in [-0.2, 0) is 9.59 Å². The van der Waals surface area contributed by atoms with E-state index in [1.807, 2.05) is 0 Å². The fourth-order valence-corrected chi connectivity index (χ4v) is 3.25. The van der Waals surface area contributed by atoms with Crippen LogP contribution in [0.4, 0.5) is 11.4 Å². The number of nitrogens with two attached hydrogens (primary N) is 1. The number of rotatable bonds is 5. The van der Waals surface area contributed by atoms with Gasteiger partial charge in [0.2, 0.25) is 5.91 Å². The molecule has 1 aromatic carbocycles. The Hall–Kier alpha value is -3.17. The number of amides is 2. The van der Waals surface area contributed by atoms with Gasteiger partial charge in [-0.25, -0.2) is 0 Å². The molecule has 27 heavy (non-hydrogen) atoms. The van der Waals surface area contributed by atoms with Crippen molar-refractivity contribution in [2.45, 2.75) is 32.2 Å². The van der Waals surface area contributed by atoms with E-state index >= 15 is 0 Å². The molecule has 0 radical (unpaired) electrons. The Bertz CT molecular complexity index is 766. The lowest BCUT2D eigenvalue weighted by atomic mass is 10.1. The minimum absolute atomic E-state index is 0.0155. The van der Waals surface area contributed by atoms with Gasteiger partial charge in [-0.2, -0.15) is 0 Å². The minimum Gasteiger partial charge on any atom is -0.480 e. The molecule has 10 nitrogen and oxygen atoms in total. The summed E-state index contributed by atoms with van der Waals surface area (Å²) < 4.78 is 0. The lowest BCUT2D eigenvalue weighted by Crippen LogP contribution is -2.43. The molecule has 1 aliphatic rings. The van der Waals surface area contributed by atoms with Gasteiger partial charge >= 0.3 is 5.97 Å². The van der Waals surface area contributed by atoms with Crippen LogP contribution >= 0.6 is 0 Å². The van der Waals surface area contributed by atoms with Gasteiger partial charge in [0.25, 0.3) is 11.6 Å². The molecule has 0 spiro atoms. The Morgan fingerprint density at radius 1 is 1.33 bits per heavy atom. The average Bonchev–Trinajstić information content (AvgIpc) is 2.84. The van der Waals surface area contributed by atoms with Crippen LogP contribution < -0.4 is 5.73 Å². The standard InChI is InChI=1S/C17H22N4O6/c1-11(22)20(10-16(23)24)13-3-2-7-19(8-6-13)17(25)12-4-5-14(18)15(9-12)21(26)27/h4-5,9,13H,2-3,6-8,10,18H2,1H3,(H,23,24). The third-order valence-corrected chi connectivity index (χ3v) is 4.61. The van der Waals surface area contributed by atoms with Crippen LogP contribution in [0.25, 0.3) is 0 Å². The summed E-state index contributed by atoms with van der Waals surface area (Å²) in [4.78, 5) is 48.7. The third kappa shape index (κ3) is 4.93. The number of hydrogen-bond acceptors (Lipinski definition) is 6. The van der Waals surface area contributed by atoms with Gasteiger partial charge in [0, 0.05) is 37.7 Å². The zero-order chi connectivity index (χ0) is 20.1. The topological polar surface area (TPSA) is 147 Å². The van der Waals surface area contributed by atoms with Crippen molar-refractivity contribution in [3.05, 3.63) is 33.9 Å². The van der Waals surface area contributed by atoms with Crippen molar-refractivity contribution in [3.8, 4) is 0 Å². The summed E-state index contributed by atoms with van der Waals surface area (Å²) in [5.74, 6) is -1.76. The van der Waals surface area contributed by atoms with Crippen LogP contribution in [0.3, 0.4) is 0 Å². The number of nitrogen functional groups attached to an aromatic ring is 1. The second kappa shape index (κ2) is 8.47. The molecule has 2 amide bonds. The molecule has 2 rings (SSSR count). The molecule has 10 heteroatoms. The van der Waals surface area contributed by atoms with E-state index < -0.39 is 10.9 Å². The first-order valence-electron chi connectivity index (χ1n) is 8.53. The fourth-order valence-electron chi connectivity index (χ4n) is 3.25. The number of hydrogen-bond donors (Lipinski definition) is 2. The Kier molecular flexibility index (Phi) is 6.32. The van der Waals surface area contributed by atoms with Crippen LogP contribution in [0.15, 0.2) is 18.2 Å². The Morgan fingerprint density at radius 3 is 2.63 bits per heavy atom. The van der Waals surface area contributed by atoms with Gasteiger partial charge < -0.3 is 20.6 Å². The molecule has 1 unspecified atom stereocenters. The molecule has 1 aromatic rings. The van der Waals surface area contributed by atoms with Crippen LogP contribution in [0.1, 0.15) is 36.5 Å². The zero-order valence-electron chi connectivity index (χ0n) is 15.0. The third-order valence-electron chi connectivity index (χ3n) is 4.61. The monoisotopic (exact) mass is 378 g/mol. The Balaban J connectivity index is 2.12. The molecule has 3 N–H and O–H groups in total. The number of carbonyl (C=O) groups is 3. The van der Waals surface area contributed by atoms with Crippen molar-refractivity contribution < 1.29 is 24.4 Å². The molecule has 0 aliphatic carbocycles. The molecule has 146 valence electrons. The van der Waals surface area contributed by atoms with Crippen LogP contribution in [0.5, 0.6) is 0 Å². The van der Waals surface area contributed by atoms with E-state index in [0.29, 0.717) is 32.4 Å². The van der Waals surface area contributed by atoms with E-state index in [0.717, 1.165) is 6.07 Å². The summed E-state index contributed by atoms with van der Waals surface area (Å²) in [6.45, 7) is 1.69. The van der Waals surface area contributed by atoms with Crippen molar-refractivity contribution in [2.75, 3.05) is 25.4 Å². The number of carboxylic acid groups (broad SMARTS) is 1. The van der Waals surface area contributed by atoms with Gasteiger partial charge in [0.15, 0.2) is 0 Å². The highest BCUT2D eigenvalue weighted by Crippen LogP contribution is 2.24. The molecule has 1 atom stereocenters. The van der Waals surface area contributed by atoms with E-state index in [-0.39, 0.29) is 41.3 Å². The van der Waals surface area contributed by atoms with Gasteiger partial charge in [0.1, 0.15) is 12.2 Å². The number of likely N-dealkylation sites (tertiary alicyclic amines) is 1. The minimum atomic E-state index is -1.09. The number of anilines is 1. The van der Waals surface area contributed by atoms with Gasteiger partial charge in [-0.15, -0.1) is 0 Å². The largest absolute Gasteiger partial charge is 0.480 e. The van der Waals surface area contributed by atoms with E-state index in [1.54, 1.807) is 4.90 Å². The molecule has 0 saturated carbocycles. The number of aliphatic carboxylic acids is 1. The predicted octanol–water partition coefficient (Wildman–Crippen LogP) is 1.10. The highest BCUT2D eigenvalue weighted by molar-refractivity contribution is 5.95. The van der Waals surface area contributed by atoms with Gasteiger partial charge in [-0.3, -0.25) is 24.5 Å². The number of nitro groups is 1. The summed E-state index contributed by atoms with van der Waals surface area (Å²) in [6, 6.07) is 3.67. The highest BCUT2D eigenvalue weighted by atomic mass is 16.6.